The maximum absolute atomic E-state index is 12.1. The van der Waals surface area contributed by atoms with Crippen molar-refractivity contribution in [2.75, 3.05) is 13.7 Å². The fourth-order valence-corrected chi connectivity index (χ4v) is 3.34. The Bertz CT molecular complexity index is 424. The van der Waals surface area contributed by atoms with Crippen LogP contribution in [-0.4, -0.2) is 30.3 Å². The third-order valence-electron chi connectivity index (χ3n) is 3.62. The van der Waals surface area contributed by atoms with E-state index in [0.717, 1.165) is 31.2 Å². The number of rotatable bonds is 5. The second-order valence-electron chi connectivity index (χ2n) is 5.18. The molecule has 0 aromatic carbocycles. The van der Waals surface area contributed by atoms with Gasteiger partial charge in [-0.25, -0.2) is 0 Å². The lowest BCUT2D eigenvalue weighted by atomic mass is 9.85. The molecule has 0 spiro atoms. The van der Waals surface area contributed by atoms with Crippen LogP contribution in [0.4, 0.5) is 0 Å². The summed E-state index contributed by atoms with van der Waals surface area (Å²) in [5.41, 5.74) is 0.188. The van der Waals surface area contributed by atoms with Gasteiger partial charge in [0.25, 0.3) is 5.91 Å². The molecule has 0 radical (unpaired) electrons. The van der Waals surface area contributed by atoms with Gasteiger partial charge in [-0.3, -0.25) is 4.79 Å². The van der Waals surface area contributed by atoms with Crippen LogP contribution in [0.15, 0.2) is 11.4 Å². The van der Waals surface area contributed by atoms with Crippen molar-refractivity contribution >= 4 is 17.2 Å². The van der Waals surface area contributed by atoms with Crippen LogP contribution in [0, 0.1) is 0 Å². The minimum Gasteiger partial charge on any atom is -0.388 e. The molecule has 1 aliphatic rings. The van der Waals surface area contributed by atoms with Gasteiger partial charge in [-0.05, 0) is 24.3 Å². The number of thiophene rings is 1. The summed E-state index contributed by atoms with van der Waals surface area (Å²) in [5, 5.41) is 15.1. The summed E-state index contributed by atoms with van der Waals surface area (Å²) < 4.78 is 5.07. The lowest BCUT2D eigenvalue weighted by molar-refractivity contribution is 0.00527. The summed E-state index contributed by atoms with van der Waals surface area (Å²) in [6, 6.07) is 1.90. The molecule has 0 saturated heterocycles. The van der Waals surface area contributed by atoms with Crippen LogP contribution in [0.2, 0.25) is 0 Å². The highest BCUT2D eigenvalue weighted by Crippen LogP contribution is 2.27. The first-order chi connectivity index (χ1) is 9.14. The van der Waals surface area contributed by atoms with Crippen LogP contribution in [0.25, 0.3) is 0 Å². The largest absolute Gasteiger partial charge is 0.388 e. The van der Waals surface area contributed by atoms with Gasteiger partial charge in [0.05, 0.1) is 17.1 Å². The highest BCUT2D eigenvalue weighted by Gasteiger charge is 2.29. The van der Waals surface area contributed by atoms with Crippen molar-refractivity contribution in [2.45, 2.75) is 44.3 Å². The van der Waals surface area contributed by atoms with E-state index in [1.807, 2.05) is 11.4 Å². The first-order valence-corrected chi connectivity index (χ1v) is 7.58. The molecule has 1 saturated carbocycles. The van der Waals surface area contributed by atoms with E-state index in [9.17, 15) is 9.90 Å². The zero-order chi connectivity index (χ0) is 13.7. The zero-order valence-corrected chi connectivity index (χ0v) is 12.1. The number of nitrogens with one attached hydrogen (secondary N) is 1. The maximum atomic E-state index is 12.1. The molecule has 2 rings (SSSR count). The molecular weight excluding hydrogens is 262 g/mol. The highest BCUT2D eigenvalue weighted by molar-refractivity contribution is 7.12. The Kier molecular flexibility index (Phi) is 4.96. The van der Waals surface area contributed by atoms with Crippen LogP contribution < -0.4 is 5.32 Å². The molecule has 0 unspecified atom stereocenters. The smallest absolute Gasteiger partial charge is 0.261 e. The Morgan fingerprint density at radius 1 is 1.47 bits per heavy atom. The molecule has 0 bridgehead atoms. The van der Waals surface area contributed by atoms with E-state index in [1.165, 1.54) is 17.8 Å². The zero-order valence-electron chi connectivity index (χ0n) is 11.3. The van der Waals surface area contributed by atoms with Gasteiger partial charge < -0.3 is 15.2 Å². The molecule has 1 aromatic rings. The topological polar surface area (TPSA) is 58.6 Å². The van der Waals surface area contributed by atoms with E-state index in [2.05, 4.69) is 5.32 Å². The van der Waals surface area contributed by atoms with E-state index in [1.54, 1.807) is 7.11 Å². The molecule has 106 valence electrons. The fraction of sp³-hybridized carbons (Fsp3) is 0.643. The van der Waals surface area contributed by atoms with Crippen LogP contribution in [0.3, 0.4) is 0 Å². The van der Waals surface area contributed by atoms with Gasteiger partial charge in [-0.15, -0.1) is 11.3 Å². The molecule has 1 fully saturated rings. The maximum Gasteiger partial charge on any atom is 0.261 e. The Labute approximate surface area is 117 Å². The van der Waals surface area contributed by atoms with E-state index in [4.69, 9.17) is 4.74 Å². The molecule has 1 heterocycles. The molecule has 2 N–H and O–H groups in total. The lowest BCUT2D eigenvalue weighted by Gasteiger charge is -2.32. The normalized spacial score (nSPS) is 18.2. The van der Waals surface area contributed by atoms with Gasteiger partial charge in [-0.1, -0.05) is 19.3 Å². The molecule has 1 aromatic heterocycles. The number of ether oxygens (including phenoxy) is 1. The van der Waals surface area contributed by atoms with E-state index >= 15 is 0 Å². The van der Waals surface area contributed by atoms with E-state index < -0.39 is 5.60 Å². The van der Waals surface area contributed by atoms with Crippen molar-refractivity contribution in [2.24, 2.45) is 0 Å². The van der Waals surface area contributed by atoms with Gasteiger partial charge in [0, 0.05) is 19.2 Å². The Morgan fingerprint density at radius 3 is 2.89 bits per heavy atom. The number of hydrogen-bond donors (Lipinski definition) is 2. The van der Waals surface area contributed by atoms with Crippen LogP contribution in [0.1, 0.15) is 47.3 Å². The van der Waals surface area contributed by atoms with Crippen molar-refractivity contribution < 1.29 is 14.6 Å². The number of aliphatic hydroxyl groups is 1. The average molecular weight is 283 g/mol. The van der Waals surface area contributed by atoms with Gasteiger partial charge in [0.1, 0.15) is 0 Å². The number of methoxy groups -OCH3 is 1. The molecule has 5 heteroatoms. The van der Waals surface area contributed by atoms with Crippen LogP contribution in [-0.2, 0) is 11.3 Å². The summed E-state index contributed by atoms with van der Waals surface area (Å²) in [6.45, 7) is 0.784. The fourth-order valence-electron chi connectivity index (χ4n) is 2.52. The summed E-state index contributed by atoms with van der Waals surface area (Å²) >= 11 is 1.41. The predicted molar refractivity (Wildman–Crippen MR) is 75.4 cm³/mol. The highest BCUT2D eigenvalue weighted by atomic mass is 32.1. The number of carbonyl (C=O) groups is 1. The Balaban J connectivity index is 1.91. The Morgan fingerprint density at radius 2 is 2.21 bits per heavy atom. The summed E-state index contributed by atoms with van der Waals surface area (Å²) in [5.74, 6) is -0.110. The van der Waals surface area contributed by atoms with Crippen molar-refractivity contribution in [3.05, 3.63) is 21.9 Å². The second kappa shape index (κ2) is 6.50. The van der Waals surface area contributed by atoms with Crippen molar-refractivity contribution in [3.63, 3.8) is 0 Å². The van der Waals surface area contributed by atoms with Gasteiger partial charge in [0.2, 0.25) is 0 Å². The molecular formula is C14H21NO3S. The molecule has 0 atom stereocenters. The van der Waals surface area contributed by atoms with Crippen LogP contribution >= 0.6 is 11.3 Å². The first-order valence-electron chi connectivity index (χ1n) is 6.70. The standard InChI is InChI=1S/C14H21NO3S/c1-18-9-11-5-8-19-12(11)13(16)15-10-14(17)6-3-2-4-7-14/h5,8,17H,2-4,6-7,9-10H2,1H3,(H,15,16). The minimum atomic E-state index is -0.716. The van der Waals surface area contributed by atoms with Crippen molar-refractivity contribution in [3.8, 4) is 0 Å². The molecule has 0 aliphatic heterocycles. The summed E-state index contributed by atoms with van der Waals surface area (Å²) in [7, 11) is 1.62. The van der Waals surface area contributed by atoms with Gasteiger partial charge in [0.15, 0.2) is 0 Å². The number of amides is 1. The SMILES string of the molecule is COCc1ccsc1C(=O)NCC1(O)CCCCC1. The third-order valence-corrected chi connectivity index (χ3v) is 4.57. The summed E-state index contributed by atoms with van der Waals surface area (Å²) in [4.78, 5) is 12.8. The monoisotopic (exact) mass is 283 g/mol. The van der Waals surface area contributed by atoms with Gasteiger partial charge >= 0.3 is 0 Å². The predicted octanol–water partition coefficient (Wildman–Crippen LogP) is 2.32. The quantitative estimate of drug-likeness (QED) is 0.872. The molecule has 1 amide bonds. The van der Waals surface area contributed by atoms with Crippen LogP contribution in [0.5, 0.6) is 0 Å². The second-order valence-corrected chi connectivity index (χ2v) is 6.09. The van der Waals surface area contributed by atoms with Gasteiger partial charge in [-0.2, -0.15) is 0 Å². The van der Waals surface area contributed by atoms with E-state index in [0.29, 0.717) is 18.0 Å². The number of carbonyl (C=O) groups excluding carboxylic acids is 1. The van der Waals surface area contributed by atoms with Crippen molar-refractivity contribution in [1.82, 2.24) is 5.32 Å². The Hall–Kier alpha value is -0.910. The third kappa shape index (κ3) is 3.78. The average Bonchev–Trinajstić information content (AvgIpc) is 2.86. The first kappa shape index (κ1) is 14.5. The lowest BCUT2D eigenvalue weighted by Crippen LogP contribution is -2.44. The molecule has 1 aliphatic carbocycles. The minimum absolute atomic E-state index is 0.110. The number of hydrogen-bond acceptors (Lipinski definition) is 4. The molecule has 19 heavy (non-hydrogen) atoms. The van der Waals surface area contributed by atoms with E-state index in [-0.39, 0.29) is 5.91 Å². The van der Waals surface area contributed by atoms with Crippen molar-refractivity contribution in [1.29, 1.82) is 0 Å². The summed E-state index contributed by atoms with van der Waals surface area (Å²) in [6.07, 6.45) is 4.82. The molecule has 4 nitrogen and oxygen atoms in total.